The highest BCUT2D eigenvalue weighted by Gasteiger charge is 2.19. The van der Waals surface area contributed by atoms with Crippen LogP contribution in [-0.4, -0.2) is 34.7 Å². The number of hydrogen-bond donors (Lipinski definition) is 4. The van der Waals surface area contributed by atoms with Crippen molar-refractivity contribution < 1.29 is 19.8 Å². The van der Waals surface area contributed by atoms with Gasteiger partial charge in [-0.1, -0.05) is 0 Å². The predicted octanol–water partition coefficient (Wildman–Crippen LogP) is 6.01. The lowest BCUT2D eigenvalue weighted by Gasteiger charge is -2.16. The number of carboxylic acid groups (broad SMARTS) is 2. The standard InChI is InChI=1S/C22H20N2O4S2/c1-29-15-7-3-13(4-8-15)23-19-11-18(22(27)28)20(12-17(19)21(25)26)24-14-5-9-16(30-2)10-6-14/h3-12,23-24H,1-2H3,(H,25,26)(H,27,28). The van der Waals surface area contributed by atoms with Gasteiger partial charge >= 0.3 is 11.9 Å². The maximum Gasteiger partial charge on any atom is 0.337 e. The SMILES string of the molecule is CSc1ccc(Nc2cc(C(=O)O)c(Nc3ccc(SC)cc3)cc2C(=O)O)cc1. The van der Waals surface area contributed by atoms with Crippen LogP contribution in [0.4, 0.5) is 22.7 Å². The molecule has 3 aromatic carbocycles. The summed E-state index contributed by atoms with van der Waals surface area (Å²) in [5.41, 5.74) is 1.69. The van der Waals surface area contributed by atoms with Crippen LogP contribution >= 0.6 is 23.5 Å². The molecule has 0 heterocycles. The van der Waals surface area contributed by atoms with E-state index in [9.17, 15) is 19.8 Å². The molecule has 6 nitrogen and oxygen atoms in total. The Balaban J connectivity index is 1.99. The summed E-state index contributed by atoms with van der Waals surface area (Å²) in [5.74, 6) is -2.31. The third-order valence-electron chi connectivity index (χ3n) is 4.36. The van der Waals surface area contributed by atoms with Crippen LogP contribution < -0.4 is 10.6 Å². The molecule has 0 aliphatic heterocycles. The highest BCUT2D eigenvalue weighted by molar-refractivity contribution is 7.98. The molecule has 0 aliphatic carbocycles. The molecule has 154 valence electrons. The Morgan fingerprint density at radius 1 is 0.667 bits per heavy atom. The average molecular weight is 441 g/mol. The van der Waals surface area contributed by atoms with Gasteiger partial charge in [0.2, 0.25) is 0 Å². The number of carboxylic acids is 2. The summed E-state index contributed by atoms with van der Waals surface area (Å²) < 4.78 is 0. The van der Waals surface area contributed by atoms with E-state index in [0.29, 0.717) is 11.4 Å². The molecular formula is C22H20N2O4S2. The van der Waals surface area contributed by atoms with Gasteiger partial charge in [-0.2, -0.15) is 0 Å². The first-order valence-corrected chi connectivity index (χ1v) is 11.3. The van der Waals surface area contributed by atoms with Crippen molar-refractivity contribution in [2.24, 2.45) is 0 Å². The fourth-order valence-corrected chi connectivity index (χ4v) is 3.64. The molecular weight excluding hydrogens is 420 g/mol. The summed E-state index contributed by atoms with van der Waals surface area (Å²) in [5, 5.41) is 25.4. The summed E-state index contributed by atoms with van der Waals surface area (Å²) in [7, 11) is 0. The number of nitrogens with one attached hydrogen (secondary N) is 2. The van der Waals surface area contributed by atoms with Crippen LogP contribution in [-0.2, 0) is 0 Å². The molecule has 0 unspecified atom stereocenters. The molecule has 8 heteroatoms. The first kappa shape index (κ1) is 21.6. The first-order chi connectivity index (χ1) is 14.4. The third kappa shape index (κ3) is 5.08. The van der Waals surface area contributed by atoms with Crippen LogP contribution in [0.3, 0.4) is 0 Å². The van der Waals surface area contributed by atoms with E-state index in [0.717, 1.165) is 9.79 Å². The monoisotopic (exact) mass is 440 g/mol. The molecule has 0 spiro atoms. The molecule has 0 saturated carbocycles. The van der Waals surface area contributed by atoms with Gasteiger partial charge in [-0.3, -0.25) is 0 Å². The second kappa shape index (κ2) is 9.60. The molecule has 0 atom stereocenters. The number of carbonyl (C=O) groups is 2. The van der Waals surface area contributed by atoms with Gasteiger partial charge in [-0.05, 0) is 73.2 Å². The summed E-state index contributed by atoms with van der Waals surface area (Å²) in [6.45, 7) is 0. The lowest BCUT2D eigenvalue weighted by atomic mass is 10.1. The van der Waals surface area contributed by atoms with Crippen molar-refractivity contribution in [3.8, 4) is 0 Å². The van der Waals surface area contributed by atoms with Crippen molar-refractivity contribution in [2.75, 3.05) is 23.1 Å². The zero-order chi connectivity index (χ0) is 21.7. The predicted molar refractivity (Wildman–Crippen MR) is 123 cm³/mol. The summed E-state index contributed by atoms with van der Waals surface area (Å²) in [6, 6.07) is 17.6. The summed E-state index contributed by atoms with van der Waals surface area (Å²) in [6.07, 6.45) is 3.93. The van der Waals surface area contributed by atoms with Gasteiger partial charge in [0.25, 0.3) is 0 Å². The molecule has 0 fully saturated rings. The van der Waals surface area contributed by atoms with E-state index in [-0.39, 0.29) is 22.5 Å². The molecule has 0 saturated heterocycles. The van der Waals surface area contributed by atoms with Crippen molar-refractivity contribution in [3.63, 3.8) is 0 Å². The molecule has 0 amide bonds. The molecule has 0 radical (unpaired) electrons. The third-order valence-corrected chi connectivity index (χ3v) is 5.84. The van der Waals surface area contributed by atoms with E-state index in [1.165, 1.54) is 12.1 Å². The quantitative estimate of drug-likeness (QED) is 0.316. The van der Waals surface area contributed by atoms with Crippen LogP contribution in [0.5, 0.6) is 0 Å². The van der Waals surface area contributed by atoms with E-state index in [1.54, 1.807) is 23.5 Å². The maximum atomic E-state index is 11.9. The Morgan fingerprint density at radius 3 is 1.27 bits per heavy atom. The van der Waals surface area contributed by atoms with E-state index in [1.807, 2.05) is 61.0 Å². The van der Waals surface area contributed by atoms with Gasteiger partial charge in [-0.25, -0.2) is 9.59 Å². The Kier molecular flexibility index (Phi) is 6.91. The molecule has 0 bridgehead atoms. The maximum absolute atomic E-state index is 11.9. The van der Waals surface area contributed by atoms with Crippen LogP contribution in [0.2, 0.25) is 0 Å². The Morgan fingerprint density at radius 2 is 1.00 bits per heavy atom. The Bertz CT molecular complexity index is 980. The molecule has 4 N–H and O–H groups in total. The highest BCUT2D eigenvalue weighted by atomic mass is 32.2. The summed E-state index contributed by atoms with van der Waals surface area (Å²) in [4.78, 5) is 25.9. The Hall–Kier alpha value is -3.10. The number of aromatic carboxylic acids is 2. The van der Waals surface area contributed by atoms with Gasteiger partial charge < -0.3 is 20.8 Å². The van der Waals surface area contributed by atoms with Crippen LogP contribution in [0, 0.1) is 0 Å². The second-order valence-electron chi connectivity index (χ2n) is 6.26. The van der Waals surface area contributed by atoms with E-state index in [4.69, 9.17) is 0 Å². The van der Waals surface area contributed by atoms with Crippen molar-refractivity contribution in [2.45, 2.75) is 9.79 Å². The van der Waals surface area contributed by atoms with E-state index >= 15 is 0 Å². The molecule has 30 heavy (non-hydrogen) atoms. The van der Waals surface area contributed by atoms with Crippen molar-refractivity contribution in [3.05, 3.63) is 71.8 Å². The largest absolute Gasteiger partial charge is 0.478 e. The van der Waals surface area contributed by atoms with Crippen LogP contribution in [0.15, 0.2) is 70.5 Å². The minimum Gasteiger partial charge on any atom is -0.478 e. The topological polar surface area (TPSA) is 98.7 Å². The van der Waals surface area contributed by atoms with Gasteiger partial charge in [0.1, 0.15) is 0 Å². The normalized spacial score (nSPS) is 10.5. The fourth-order valence-electron chi connectivity index (χ4n) is 2.82. The van der Waals surface area contributed by atoms with Gasteiger partial charge in [0.15, 0.2) is 0 Å². The Labute approximate surface area is 182 Å². The second-order valence-corrected chi connectivity index (χ2v) is 8.02. The number of benzene rings is 3. The molecule has 0 aliphatic rings. The van der Waals surface area contributed by atoms with Gasteiger partial charge in [0, 0.05) is 21.2 Å². The lowest BCUT2D eigenvalue weighted by Crippen LogP contribution is -2.09. The smallest absolute Gasteiger partial charge is 0.337 e. The number of anilines is 4. The van der Waals surface area contributed by atoms with Crippen LogP contribution in [0.25, 0.3) is 0 Å². The van der Waals surface area contributed by atoms with E-state index < -0.39 is 11.9 Å². The van der Waals surface area contributed by atoms with Crippen molar-refractivity contribution in [1.82, 2.24) is 0 Å². The number of thioether (sulfide) groups is 2. The first-order valence-electron chi connectivity index (χ1n) is 8.88. The van der Waals surface area contributed by atoms with Crippen molar-refractivity contribution in [1.29, 1.82) is 0 Å². The average Bonchev–Trinajstić information content (AvgIpc) is 2.75. The zero-order valence-corrected chi connectivity index (χ0v) is 17.9. The zero-order valence-electron chi connectivity index (χ0n) is 16.3. The molecule has 3 aromatic rings. The van der Waals surface area contributed by atoms with Crippen molar-refractivity contribution >= 4 is 58.2 Å². The van der Waals surface area contributed by atoms with Gasteiger partial charge in [0.05, 0.1) is 22.5 Å². The molecule has 0 aromatic heterocycles. The fraction of sp³-hybridized carbons (Fsp3) is 0.0909. The van der Waals surface area contributed by atoms with Crippen LogP contribution in [0.1, 0.15) is 20.7 Å². The minimum atomic E-state index is -1.16. The number of hydrogen-bond acceptors (Lipinski definition) is 6. The lowest BCUT2D eigenvalue weighted by molar-refractivity contribution is 0.0683. The summed E-state index contributed by atoms with van der Waals surface area (Å²) >= 11 is 3.19. The molecule has 3 rings (SSSR count). The minimum absolute atomic E-state index is 0.0304. The van der Waals surface area contributed by atoms with E-state index in [2.05, 4.69) is 10.6 Å². The number of rotatable bonds is 8. The highest BCUT2D eigenvalue weighted by Crippen LogP contribution is 2.31. The van der Waals surface area contributed by atoms with Gasteiger partial charge in [-0.15, -0.1) is 23.5 Å².